The Hall–Kier alpha value is -0.920. The van der Waals surface area contributed by atoms with E-state index in [1.165, 1.54) is 0 Å². The maximum atomic E-state index is 5.39. The molecule has 3 N–H and O–H groups in total. The van der Waals surface area contributed by atoms with Gasteiger partial charge < -0.3 is 11.1 Å². The highest BCUT2D eigenvalue weighted by Crippen LogP contribution is 2.20. The molecule has 2 heteroatoms. The Bertz CT molecular complexity index is 163. The van der Waals surface area contributed by atoms with E-state index >= 15 is 0 Å². The molecule has 2 nitrogen and oxygen atoms in total. The van der Waals surface area contributed by atoms with E-state index in [1.54, 1.807) is 0 Å². The van der Waals surface area contributed by atoms with Crippen molar-refractivity contribution in [1.82, 2.24) is 5.32 Å². The molecule has 0 atom stereocenters. The summed E-state index contributed by atoms with van der Waals surface area (Å²) in [4.78, 5) is 0. The van der Waals surface area contributed by atoms with Gasteiger partial charge in [-0.25, -0.2) is 0 Å². The van der Waals surface area contributed by atoms with Crippen LogP contribution in [0.15, 0.2) is 24.6 Å². The maximum absolute atomic E-state index is 5.39. The molecule has 0 radical (unpaired) electrons. The molecule has 0 aromatic heterocycles. The first-order valence-corrected chi connectivity index (χ1v) is 3.70. The first-order valence-electron chi connectivity index (χ1n) is 3.70. The lowest BCUT2D eigenvalue weighted by Gasteiger charge is -2.23. The number of hydrogen-bond donors (Lipinski definition) is 2. The van der Waals surface area contributed by atoms with E-state index in [-0.39, 0.29) is 5.41 Å². The third-order valence-corrected chi connectivity index (χ3v) is 1.43. The average molecular weight is 154 g/mol. The van der Waals surface area contributed by atoms with Gasteiger partial charge in [-0.1, -0.05) is 33.9 Å². The topological polar surface area (TPSA) is 38.0 Å². The predicted octanol–water partition coefficient (Wildman–Crippen LogP) is 1.61. The minimum atomic E-state index is 0.0927. The van der Waals surface area contributed by atoms with Gasteiger partial charge in [-0.3, -0.25) is 0 Å². The SMILES string of the molecule is C=C(N)CNC(=C)C(C)(C)C. The van der Waals surface area contributed by atoms with Crippen LogP contribution in [0.1, 0.15) is 20.8 Å². The molecule has 0 aromatic rings. The second-order valence-electron chi connectivity index (χ2n) is 3.74. The zero-order valence-corrected chi connectivity index (χ0v) is 7.70. The molecule has 0 saturated carbocycles. The Kier molecular flexibility index (Phi) is 3.18. The van der Waals surface area contributed by atoms with Crippen molar-refractivity contribution in [2.24, 2.45) is 11.1 Å². The van der Waals surface area contributed by atoms with Crippen LogP contribution in [0.2, 0.25) is 0 Å². The molecule has 0 fully saturated rings. The molecule has 0 unspecified atom stereocenters. The van der Waals surface area contributed by atoms with E-state index in [4.69, 9.17) is 5.73 Å². The summed E-state index contributed by atoms with van der Waals surface area (Å²) in [5.74, 6) is 0. The van der Waals surface area contributed by atoms with Gasteiger partial charge in [0.25, 0.3) is 0 Å². The fourth-order valence-electron chi connectivity index (χ4n) is 0.485. The second kappa shape index (κ2) is 3.46. The molecule has 0 saturated heterocycles. The van der Waals surface area contributed by atoms with E-state index in [1.807, 2.05) is 0 Å². The van der Waals surface area contributed by atoms with E-state index in [0.29, 0.717) is 12.2 Å². The van der Waals surface area contributed by atoms with Gasteiger partial charge in [0.05, 0.1) is 6.54 Å². The highest BCUT2D eigenvalue weighted by molar-refractivity contribution is 5.05. The lowest BCUT2D eigenvalue weighted by Crippen LogP contribution is -2.26. The van der Waals surface area contributed by atoms with E-state index in [9.17, 15) is 0 Å². The minimum Gasteiger partial charge on any atom is -0.401 e. The number of rotatable bonds is 3. The van der Waals surface area contributed by atoms with Crippen molar-refractivity contribution in [3.05, 3.63) is 24.6 Å². The molecule has 0 rings (SSSR count). The summed E-state index contributed by atoms with van der Waals surface area (Å²) >= 11 is 0. The molecule has 0 bridgehead atoms. The van der Waals surface area contributed by atoms with E-state index in [0.717, 1.165) is 5.70 Å². The highest BCUT2D eigenvalue weighted by Gasteiger charge is 2.13. The Morgan fingerprint density at radius 1 is 1.36 bits per heavy atom. The molecule has 64 valence electrons. The fraction of sp³-hybridized carbons (Fsp3) is 0.556. The molecule has 0 aromatic carbocycles. The van der Waals surface area contributed by atoms with Gasteiger partial charge in [0, 0.05) is 16.8 Å². The summed E-state index contributed by atoms with van der Waals surface area (Å²) < 4.78 is 0. The zero-order valence-electron chi connectivity index (χ0n) is 7.70. The molecule has 0 aliphatic heterocycles. The quantitative estimate of drug-likeness (QED) is 0.648. The Balaban J connectivity index is 3.80. The summed E-state index contributed by atoms with van der Waals surface area (Å²) in [6.45, 7) is 14.4. The highest BCUT2D eigenvalue weighted by atomic mass is 14.9. The van der Waals surface area contributed by atoms with Crippen LogP contribution in [-0.4, -0.2) is 6.54 Å². The number of hydrogen-bond acceptors (Lipinski definition) is 2. The third-order valence-electron chi connectivity index (χ3n) is 1.43. The van der Waals surface area contributed by atoms with Crippen molar-refractivity contribution in [2.75, 3.05) is 6.54 Å². The minimum absolute atomic E-state index is 0.0927. The molecular weight excluding hydrogens is 136 g/mol. The van der Waals surface area contributed by atoms with Crippen molar-refractivity contribution >= 4 is 0 Å². The van der Waals surface area contributed by atoms with Crippen LogP contribution in [0.5, 0.6) is 0 Å². The Labute approximate surface area is 69.2 Å². The summed E-state index contributed by atoms with van der Waals surface area (Å²) in [5, 5.41) is 3.10. The molecule has 0 aliphatic rings. The molecule has 11 heavy (non-hydrogen) atoms. The van der Waals surface area contributed by atoms with Gasteiger partial charge >= 0.3 is 0 Å². The number of allylic oxidation sites excluding steroid dienone is 1. The van der Waals surface area contributed by atoms with Crippen LogP contribution in [0.3, 0.4) is 0 Å². The average Bonchev–Trinajstić information content (AvgIpc) is 1.80. The first kappa shape index (κ1) is 10.1. The number of nitrogens with one attached hydrogen (secondary N) is 1. The van der Waals surface area contributed by atoms with Crippen LogP contribution >= 0.6 is 0 Å². The predicted molar refractivity (Wildman–Crippen MR) is 49.9 cm³/mol. The first-order chi connectivity index (χ1) is 4.84. The lowest BCUT2D eigenvalue weighted by molar-refractivity contribution is 0.468. The smallest absolute Gasteiger partial charge is 0.0536 e. The van der Waals surface area contributed by atoms with Gasteiger partial charge in [0.2, 0.25) is 0 Å². The molecule has 0 aliphatic carbocycles. The third kappa shape index (κ3) is 4.48. The zero-order chi connectivity index (χ0) is 9.07. The maximum Gasteiger partial charge on any atom is 0.0536 e. The van der Waals surface area contributed by atoms with E-state index in [2.05, 4.69) is 39.2 Å². The summed E-state index contributed by atoms with van der Waals surface area (Å²) in [6.07, 6.45) is 0. The lowest BCUT2D eigenvalue weighted by atomic mass is 9.93. The Morgan fingerprint density at radius 3 is 2.09 bits per heavy atom. The summed E-state index contributed by atoms with van der Waals surface area (Å²) in [5.41, 5.74) is 7.10. The number of nitrogens with two attached hydrogens (primary N) is 1. The van der Waals surface area contributed by atoms with Gasteiger partial charge in [-0.05, 0) is 0 Å². The van der Waals surface area contributed by atoms with Crippen LogP contribution in [0.25, 0.3) is 0 Å². The second-order valence-corrected chi connectivity index (χ2v) is 3.74. The van der Waals surface area contributed by atoms with Crippen molar-refractivity contribution in [3.8, 4) is 0 Å². The van der Waals surface area contributed by atoms with Crippen molar-refractivity contribution in [3.63, 3.8) is 0 Å². The van der Waals surface area contributed by atoms with Crippen molar-refractivity contribution in [1.29, 1.82) is 0 Å². The van der Waals surface area contributed by atoms with Crippen LogP contribution in [0.4, 0.5) is 0 Å². The van der Waals surface area contributed by atoms with E-state index < -0.39 is 0 Å². The fourth-order valence-corrected chi connectivity index (χ4v) is 0.485. The normalized spacial score (nSPS) is 10.8. The van der Waals surface area contributed by atoms with Gasteiger partial charge in [0.15, 0.2) is 0 Å². The van der Waals surface area contributed by atoms with Crippen LogP contribution in [0, 0.1) is 5.41 Å². The van der Waals surface area contributed by atoms with Crippen molar-refractivity contribution < 1.29 is 0 Å². The summed E-state index contributed by atoms with van der Waals surface area (Å²) in [7, 11) is 0. The molecular formula is C9H18N2. The van der Waals surface area contributed by atoms with Gasteiger partial charge in [-0.15, -0.1) is 0 Å². The molecule has 0 spiro atoms. The molecule has 0 amide bonds. The summed E-state index contributed by atoms with van der Waals surface area (Å²) in [6, 6.07) is 0. The Morgan fingerprint density at radius 2 is 1.82 bits per heavy atom. The molecule has 0 heterocycles. The van der Waals surface area contributed by atoms with Gasteiger partial charge in [-0.2, -0.15) is 0 Å². The van der Waals surface area contributed by atoms with Crippen LogP contribution < -0.4 is 11.1 Å². The van der Waals surface area contributed by atoms with Crippen molar-refractivity contribution in [2.45, 2.75) is 20.8 Å². The van der Waals surface area contributed by atoms with Crippen LogP contribution in [-0.2, 0) is 0 Å². The standard InChI is InChI=1S/C9H18N2/c1-7(10)6-11-8(2)9(3,4)5/h11H,1-2,6,10H2,3-5H3. The monoisotopic (exact) mass is 154 g/mol. The van der Waals surface area contributed by atoms with Gasteiger partial charge in [0.1, 0.15) is 0 Å². The largest absolute Gasteiger partial charge is 0.401 e.